The first kappa shape index (κ1) is 14.9. The van der Waals surface area contributed by atoms with Gasteiger partial charge < -0.3 is 5.73 Å². The van der Waals surface area contributed by atoms with E-state index >= 15 is 0 Å². The molecule has 0 saturated carbocycles. The van der Waals surface area contributed by atoms with E-state index in [-0.39, 0.29) is 10.9 Å². The van der Waals surface area contributed by atoms with Gasteiger partial charge >= 0.3 is 0 Å². The van der Waals surface area contributed by atoms with Crippen LogP contribution >= 0.6 is 12.2 Å². The van der Waals surface area contributed by atoms with Crippen LogP contribution in [0.4, 0.5) is 4.39 Å². The number of rotatable bonds is 4. The van der Waals surface area contributed by atoms with Gasteiger partial charge in [0.2, 0.25) is 0 Å². The molecule has 0 bridgehead atoms. The lowest BCUT2D eigenvalue weighted by atomic mass is 10.1. The van der Waals surface area contributed by atoms with Crippen LogP contribution in [-0.4, -0.2) is 10.8 Å². The van der Waals surface area contributed by atoms with Crippen LogP contribution < -0.4 is 11.2 Å². The van der Waals surface area contributed by atoms with Crippen molar-refractivity contribution in [3.63, 3.8) is 0 Å². The molecular formula is C16H14FN3S. The number of halogens is 1. The van der Waals surface area contributed by atoms with Crippen molar-refractivity contribution in [2.75, 3.05) is 0 Å². The summed E-state index contributed by atoms with van der Waals surface area (Å²) in [6, 6.07) is 15.8. The molecular weight excluding hydrogens is 285 g/mol. The van der Waals surface area contributed by atoms with Gasteiger partial charge in [0.15, 0.2) is 5.11 Å². The predicted molar refractivity (Wildman–Crippen MR) is 88.3 cm³/mol. The first-order valence-corrected chi connectivity index (χ1v) is 6.68. The van der Waals surface area contributed by atoms with Crippen molar-refractivity contribution < 1.29 is 4.39 Å². The minimum absolute atomic E-state index is 0.0959. The van der Waals surface area contributed by atoms with E-state index in [1.807, 2.05) is 42.5 Å². The zero-order valence-corrected chi connectivity index (χ0v) is 12.0. The van der Waals surface area contributed by atoms with Crippen LogP contribution in [0.15, 0.2) is 65.8 Å². The van der Waals surface area contributed by atoms with Crippen LogP contribution in [0.3, 0.4) is 0 Å². The summed E-state index contributed by atoms with van der Waals surface area (Å²) in [5, 5.41) is 4.26. The smallest absolute Gasteiger partial charge is 0.184 e. The second-order valence-corrected chi connectivity index (χ2v) is 4.66. The molecule has 2 rings (SSSR count). The maximum absolute atomic E-state index is 12.9. The van der Waals surface area contributed by atoms with Crippen LogP contribution in [0.5, 0.6) is 0 Å². The third-order valence-electron chi connectivity index (χ3n) is 2.66. The Morgan fingerprint density at radius 1 is 1.10 bits per heavy atom. The highest BCUT2D eigenvalue weighted by atomic mass is 32.1. The third-order valence-corrected chi connectivity index (χ3v) is 2.75. The summed E-state index contributed by atoms with van der Waals surface area (Å²) in [5.41, 5.74) is 10.4. The summed E-state index contributed by atoms with van der Waals surface area (Å²) in [7, 11) is 0. The fraction of sp³-hybridized carbons (Fsp3) is 0. The van der Waals surface area contributed by atoms with E-state index in [2.05, 4.69) is 10.5 Å². The molecule has 0 fully saturated rings. The number of nitrogens with two attached hydrogens (primary N) is 1. The van der Waals surface area contributed by atoms with Crippen molar-refractivity contribution in [1.29, 1.82) is 0 Å². The maximum atomic E-state index is 12.9. The van der Waals surface area contributed by atoms with E-state index in [0.717, 1.165) is 11.1 Å². The van der Waals surface area contributed by atoms with Crippen molar-refractivity contribution >= 4 is 29.1 Å². The maximum Gasteiger partial charge on any atom is 0.184 e. The first-order valence-electron chi connectivity index (χ1n) is 6.27. The summed E-state index contributed by atoms with van der Waals surface area (Å²) in [6.07, 6.45) is 3.65. The first-order chi connectivity index (χ1) is 10.1. The molecule has 0 amide bonds. The largest absolute Gasteiger partial charge is 0.375 e. The fourth-order valence-electron chi connectivity index (χ4n) is 1.67. The monoisotopic (exact) mass is 299 g/mol. The molecule has 0 heterocycles. The molecule has 0 aliphatic rings. The minimum atomic E-state index is -0.265. The Labute approximate surface area is 128 Å². The zero-order chi connectivity index (χ0) is 15.1. The highest BCUT2D eigenvalue weighted by molar-refractivity contribution is 7.80. The van der Waals surface area contributed by atoms with Gasteiger partial charge in [0.1, 0.15) is 5.82 Å². The molecule has 0 saturated heterocycles. The second kappa shape index (κ2) is 7.31. The van der Waals surface area contributed by atoms with Crippen molar-refractivity contribution in [3.05, 3.63) is 77.6 Å². The number of thiocarbonyl (C=S) groups is 1. The van der Waals surface area contributed by atoms with Crippen molar-refractivity contribution in [2.45, 2.75) is 0 Å². The molecule has 0 aromatic heterocycles. The highest BCUT2D eigenvalue weighted by Gasteiger charge is 1.99. The third kappa shape index (κ3) is 4.81. The Morgan fingerprint density at radius 2 is 1.76 bits per heavy atom. The van der Waals surface area contributed by atoms with Crippen molar-refractivity contribution in [1.82, 2.24) is 5.43 Å². The molecule has 0 spiro atoms. The Bertz CT molecular complexity index is 664. The number of hydrazone groups is 1. The van der Waals surface area contributed by atoms with Crippen LogP contribution in [0, 0.1) is 5.82 Å². The zero-order valence-electron chi connectivity index (χ0n) is 11.2. The summed E-state index contributed by atoms with van der Waals surface area (Å²) >= 11 is 4.75. The molecule has 5 heteroatoms. The molecule has 0 radical (unpaired) electrons. The highest BCUT2D eigenvalue weighted by Crippen LogP contribution is 2.08. The number of hydrogen-bond donors (Lipinski definition) is 2. The van der Waals surface area contributed by atoms with Crippen molar-refractivity contribution in [2.24, 2.45) is 10.8 Å². The Kier molecular flexibility index (Phi) is 5.17. The van der Waals surface area contributed by atoms with Gasteiger partial charge in [0.05, 0.1) is 5.71 Å². The number of nitrogens with zero attached hydrogens (tertiary/aromatic N) is 1. The summed E-state index contributed by atoms with van der Waals surface area (Å²) in [5.74, 6) is -0.265. The summed E-state index contributed by atoms with van der Waals surface area (Å²) in [4.78, 5) is 0. The molecule has 0 aliphatic heterocycles. The summed E-state index contributed by atoms with van der Waals surface area (Å²) < 4.78 is 12.9. The Hall–Kier alpha value is -2.53. The molecule has 2 aromatic rings. The number of nitrogens with one attached hydrogen (secondary N) is 1. The predicted octanol–water partition coefficient (Wildman–Crippen LogP) is 3.08. The lowest BCUT2D eigenvalue weighted by Gasteiger charge is -2.03. The van der Waals surface area contributed by atoms with Gasteiger partial charge in [-0.3, -0.25) is 5.43 Å². The summed E-state index contributed by atoms with van der Waals surface area (Å²) in [6.45, 7) is 0. The van der Waals surface area contributed by atoms with E-state index in [1.54, 1.807) is 12.1 Å². The molecule has 0 atom stereocenters. The van der Waals surface area contributed by atoms with Crippen LogP contribution in [0.2, 0.25) is 0 Å². The number of allylic oxidation sites excluding steroid dienone is 1. The standard InChI is InChI=1S/C16H14FN3S/c17-14-9-6-12(7-10-14)8-11-15(19-20-16(18)21)13-4-2-1-3-5-13/h1-11H,(H3,18,20,21)/b11-8+,19-15-. The van der Waals surface area contributed by atoms with Gasteiger partial charge in [-0.15, -0.1) is 0 Å². The average molecular weight is 299 g/mol. The Morgan fingerprint density at radius 3 is 2.38 bits per heavy atom. The van der Waals surface area contributed by atoms with Gasteiger partial charge in [0.25, 0.3) is 0 Å². The van der Waals surface area contributed by atoms with E-state index in [4.69, 9.17) is 18.0 Å². The lowest BCUT2D eigenvalue weighted by Crippen LogP contribution is -2.25. The number of hydrogen-bond acceptors (Lipinski definition) is 2. The lowest BCUT2D eigenvalue weighted by molar-refractivity contribution is 0.628. The average Bonchev–Trinajstić information content (AvgIpc) is 2.50. The quantitative estimate of drug-likeness (QED) is 0.518. The van der Waals surface area contributed by atoms with Crippen LogP contribution in [0.1, 0.15) is 11.1 Å². The molecule has 0 aliphatic carbocycles. The minimum Gasteiger partial charge on any atom is -0.375 e. The van der Waals surface area contributed by atoms with Gasteiger partial charge in [-0.05, 0) is 36.0 Å². The van der Waals surface area contributed by atoms with Crippen LogP contribution in [0.25, 0.3) is 6.08 Å². The van der Waals surface area contributed by atoms with Gasteiger partial charge in [-0.2, -0.15) is 5.10 Å². The normalized spacial score (nSPS) is 11.6. The van der Waals surface area contributed by atoms with E-state index < -0.39 is 0 Å². The van der Waals surface area contributed by atoms with E-state index in [9.17, 15) is 4.39 Å². The fourth-order valence-corrected chi connectivity index (χ4v) is 1.72. The molecule has 0 unspecified atom stereocenters. The molecule has 106 valence electrons. The molecule has 3 nitrogen and oxygen atoms in total. The second-order valence-electron chi connectivity index (χ2n) is 4.22. The van der Waals surface area contributed by atoms with Gasteiger partial charge in [-0.1, -0.05) is 48.5 Å². The molecule has 21 heavy (non-hydrogen) atoms. The van der Waals surface area contributed by atoms with Crippen molar-refractivity contribution in [3.8, 4) is 0 Å². The Balaban J connectivity index is 2.26. The molecule has 3 N–H and O–H groups in total. The number of benzene rings is 2. The topological polar surface area (TPSA) is 50.4 Å². The SMILES string of the molecule is NC(=S)N/N=C(/C=C/c1ccc(F)cc1)c1ccccc1. The van der Waals surface area contributed by atoms with Gasteiger partial charge in [-0.25, -0.2) is 4.39 Å². The van der Waals surface area contributed by atoms with E-state index in [1.165, 1.54) is 12.1 Å². The van der Waals surface area contributed by atoms with E-state index in [0.29, 0.717) is 5.71 Å². The van der Waals surface area contributed by atoms with Gasteiger partial charge in [0, 0.05) is 5.56 Å². The van der Waals surface area contributed by atoms with Crippen LogP contribution in [-0.2, 0) is 0 Å². The molecule has 2 aromatic carbocycles.